The van der Waals surface area contributed by atoms with Gasteiger partial charge in [-0.15, -0.1) is 0 Å². The molecule has 35 heavy (non-hydrogen) atoms. The van der Waals surface area contributed by atoms with Crippen molar-refractivity contribution in [2.75, 3.05) is 36.9 Å². The van der Waals surface area contributed by atoms with Gasteiger partial charge in [-0.25, -0.2) is 0 Å². The molecule has 2 aromatic rings. The Morgan fingerprint density at radius 1 is 0.943 bits per heavy atom. The molecule has 2 bridgehead atoms. The number of ether oxygens (including phenoxy) is 1. The molecule has 188 valence electrons. The fourth-order valence-electron chi connectivity index (χ4n) is 5.73. The van der Waals surface area contributed by atoms with Crippen LogP contribution in [0.25, 0.3) is 0 Å². The summed E-state index contributed by atoms with van der Waals surface area (Å²) in [6.07, 6.45) is 4.11. The topological polar surface area (TPSA) is 48.6 Å². The van der Waals surface area contributed by atoms with Crippen LogP contribution in [0.1, 0.15) is 40.0 Å². The maximum absolute atomic E-state index is 6.53. The van der Waals surface area contributed by atoms with Crippen molar-refractivity contribution in [3.63, 3.8) is 0 Å². The highest BCUT2D eigenvalue weighted by Crippen LogP contribution is 2.66. The molecule has 0 spiro atoms. The van der Waals surface area contributed by atoms with Gasteiger partial charge in [0.2, 0.25) is 0 Å². The van der Waals surface area contributed by atoms with Crippen LogP contribution in [0.3, 0.4) is 0 Å². The SMILES string of the molecule is CC1(C)[C@H]2CC[C@@]1(C)[C@H](OCCN(CCNC(=S)Nc1ccccc1)C(=S)Nc1ccccc1)C2. The molecule has 2 saturated carbocycles. The van der Waals surface area contributed by atoms with Gasteiger partial charge in [-0.1, -0.05) is 57.2 Å². The summed E-state index contributed by atoms with van der Waals surface area (Å²) >= 11 is 11.3. The van der Waals surface area contributed by atoms with E-state index in [0.29, 0.717) is 41.4 Å². The summed E-state index contributed by atoms with van der Waals surface area (Å²) in [5.41, 5.74) is 2.58. The summed E-state index contributed by atoms with van der Waals surface area (Å²) in [4.78, 5) is 2.17. The summed E-state index contributed by atoms with van der Waals surface area (Å²) in [6, 6.07) is 20.0. The molecule has 7 heteroatoms. The molecule has 2 fully saturated rings. The van der Waals surface area contributed by atoms with Gasteiger partial charge in [-0.05, 0) is 84.7 Å². The number of nitrogens with one attached hydrogen (secondary N) is 3. The first kappa shape index (κ1) is 25.9. The Kier molecular flexibility index (Phi) is 8.30. The number of fused-ring (bicyclic) bond motifs is 2. The first-order chi connectivity index (χ1) is 16.8. The van der Waals surface area contributed by atoms with Crippen molar-refractivity contribution in [1.82, 2.24) is 10.2 Å². The second-order valence-electron chi connectivity index (χ2n) is 10.5. The number of anilines is 2. The molecule has 2 aromatic carbocycles. The molecule has 0 unspecified atom stereocenters. The van der Waals surface area contributed by atoms with Crippen LogP contribution in [0, 0.1) is 16.7 Å². The van der Waals surface area contributed by atoms with Crippen molar-refractivity contribution < 1.29 is 4.74 Å². The summed E-state index contributed by atoms with van der Waals surface area (Å²) in [5, 5.41) is 11.2. The van der Waals surface area contributed by atoms with Gasteiger partial charge in [0.05, 0.1) is 12.7 Å². The highest BCUT2D eigenvalue weighted by Gasteiger charge is 2.61. The van der Waals surface area contributed by atoms with Crippen molar-refractivity contribution in [3.8, 4) is 0 Å². The van der Waals surface area contributed by atoms with E-state index in [1.165, 1.54) is 19.3 Å². The van der Waals surface area contributed by atoms with E-state index >= 15 is 0 Å². The predicted molar refractivity (Wildman–Crippen MR) is 154 cm³/mol. The van der Waals surface area contributed by atoms with Crippen molar-refractivity contribution in [2.24, 2.45) is 16.7 Å². The first-order valence-electron chi connectivity index (χ1n) is 12.6. The van der Waals surface area contributed by atoms with Crippen molar-refractivity contribution >= 4 is 46.0 Å². The minimum Gasteiger partial charge on any atom is -0.376 e. The smallest absolute Gasteiger partial charge is 0.173 e. The van der Waals surface area contributed by atoms with Crippen molar-refractivity contribution in [3.05, 3.63) is 60.7 Å². The Balaban J connectivity index is 1.30. The number of rotatable bonds is 9. The second-order valence-corrected chi connectivity index (χ2v) is 11.3. The van der Waals surface area contributed by atoms with Gasteiger partial charge in [-0.2, -0.15) is 0 Å². The molecule has 0 saturated heterocycles. The second kappa shape index (κ2) is 11.2. The van der Waals surface area contributed by atoms with Gasteiger partial charge in [0.15, 0.2) is 10.2 Å². The van der Waals surface area contributed by atoms with E-state index in [1.54, 1.807) is 0 Å². The zero-order valence-electron chi connectivity index (χ0n) is 21.0. The average Bonchev–Trinajstić information content (AvgIpc) is 3.18. The summed E-state index contributed by atoms with van der Waals surface area (Å²) in [7, 11) is 0. The average molecular weight is 511 g/mol. The van der Waals surface area contributed by atoms with E-state index in [0.717, 1.165) is 23.8 Å². The third-order valence-electron chi connectivity index (χ3n) is 8.41. The molecular formula is C28H38N4OS2. The van der Waals surface area contributed by atoms with Crippen LogP contribution >= 0.6 is 24.4 Å². The third-order valence-corrected chi connectivity index (χ3v) is 9.01. The van der Waals surface area contributed by atoms with Gasteiger partial charge in [-0.3, -0.25) is 0 Å². The summed E-state index contributed by atoms with van der Waals surface area (Å²) in [6.45, 7) is 10.1. The Hall–Kier alpha value is -2.22. The number of para-hydroxylation sites is 2. The fourth-order valence-corrected chi connectivity index (χ4v) is 6.25. The monoisotopic (exact) mass is 510 g/mol. The van der Waals surface area contributed by atoms with Crippen LogP contribution in [-0.4, -0.2) is 47.5 Å². The zero-order chi connectivity index (χ0) is 24.9. The molecule has 0 heterocycles. The van der Waals surface area contributed by atoms with E-state index in [9.17, 15) is 0 Å². The maximum atomic E-state index is 6.53. The fraction of sp³-hybridized carbons (Fsp3) is 0.500. The van der Waals surface area contributed by atoms with Gasteiger partial charge in [0.1, 0.15) is 0 Å². The van der Waals surface area contributed by atoms with Crippen LogP contribution < -0.4 is 16.0 Å². The van der Waals surface area contributed by atoms with Crippen LogP contribution in [0.15, 0.2) is 60.7 Å². The number of benzene rings is 2. The number of hydrogen-bond donors (Lipinski definition) is 3. The molecule has 3 N–H and O–H groups in total. The van der Waals surface area contributed by atoms with Gasteiger partial charge in [0.25, 0.3) is 0 Å². The highest BCUT2D eigenvalue weighted by atomic mass is 32.1. The third kappa shape index (κ3) is 5.96. The molecule has 0 radical (unpaired) electrons. The minimum absolute atomic E-state index is 0.266. The Morgan fingerprint density at radius 2 is 1.57 bits per heavy atom. The lowest BCUT2D eigenvalue weighted by Gasteiger charge is -2.39. The van der Waals surface area contributed by atoms with Gasteiger partial charge in [0, 0.05) is 31.0 Å². The molecule has 2 aliphatic carbocycles. The molecular weight excluding hydrogens is 472 g/mol. The molecule has 0 amide bonds. The van der Waals surface area contributed by atoms with E-state index in [2.05, 4.69) is 41.6 Å². The lowest BCUT2D eigenvalue weighted by molar-refractivity contribution is -0.0486. The van der Waals surface area contributed by atoms with Crippen molar-refractivity contribution in [1.29, 1.82) is 0 Å². The molecule has 5 nitrogen and oxygen atoms in total. The minimum atomic E-state index is 0.266. The van der Waals surface area contributed by atoms with E-state index in [1.807, 2.05) is 60.7 Å². The van der Waals surface area contributed by atoms with Crippen molar-refractivity contribution in [2.45, 2.75) is 46.1 Å². The summed E-state index contributed by atoms with van der Waals surface area (Å²) in [5.74, 6) is 0.775. The van der Waals surface area contributed by atoms with Crippen LogP contribution in [0.4, 0.5) is 11.4 Å². The highest BCUT2D eigenvalue weighted by molar-refractivity contribution is 7.80. The van der Waals surface area contributed by atoms with Crippen LogP contribution in [0.5, 0.6) is 0 Å². The molecule has 3 atom stereocenters. The first-order valence-corrected chi connectivity index (χ1v) is 13.4. The molecule has 0 aromatic heterocycles. The Labute approximate surface area is 221 Å². The van der Waals surface area contributed by atoms with Gasteiger partial charge >= 0.3 is 0 Å². The lowest BCUT2D eigenvalue weighted by atomic mass is 9.70. The maximum Gasteiger partial charge on any atom is 0.173 e. The Morgan fingerprint density at radius 3 is 2.14 bits per heavy atom. The normalized spacial score (nSPS) is 24.1. The predicted octanol–water partition coefficient (Wildman–Crippen LogP) is 5.90. The lowest BCUT2D eigenvalue weighted by Crippen LogP contribution is -2.44. The van der Waals surface area contributed by atoms with E-state index in [-0.39, 0.29) is 5.41 Å². The molecule has 2 aliphatic rings. The zero-order valence-corrected chi connectivity index (χ0v) is 22.7. The summed E-state index contributed by atoms with van der Waals surface area (Å²) < 4.78 is 6.53. The van der Waals surface area contributed by atoms with E-state index < -0.39 is 0 Å². The van der Waals surface area contributed by atoms with Crippen LogP contribution in [0.2, 0.25) is 0 Å². The quantitative estimate of drug-likeness (QED) is 0.363. The van der Waals surface area contributed by atoms with Crippen LogP contribution in [-0.2, 0) is 4.74 Å². The molecule has 0 aliphatic heterocycles. The number of nitrogens with zero attached hydrogens (tertiary/aromatic N) is 1. The standard InChI is InChI=1S/C28H38N4OS2/c1-27(2)21-14-15-28(27,3)24(20-21)33-19-18-32(26(35)31-23-12-8-5-9-13-23)17-16-29-25(34)30-22-10-6-4-7-11-22/h4-13,21,24H,14-20H2,1-3H3,(H,31,35)(H2,29,30,34)/t21-,24+,28-/m0/s1. The molecule has 4 rings (SSSR count). The van der Waals surface area contributed by atoms with Gasteiger partial charge < -0.3 is 25.6 Å². The number of thiocarbonyl (C=S) groups is 2. The number of hydrogen-bond acceptors (Lipinski definition) is 3. The Bertz CT molecular complexity index is 1000. The largest absolute Gasteiger partial charge is 0.376 e. The van der Waals surface area contributed by atoms with E-state index in [4.69, 9.17) is 29.2 Å².